The van der Waals surface area contributed by atoms with Crippen molar-refractivity contribution >= 4 is 19.1 Å². The van der Waals surface area contributed by atoms with Crippen molar-refractivity contribution in [3.05, 3.63) is 36.9 Å². The minimum atomic E-state index is -1.06. The van der Waals surface area contributed by atoms with Crippen LogP contribution in [0.25, 0.3) is 22.2 Å². The number of ether oxygens (including phenoxy) is 1. The Hall–Kier alpha value is -1.96. The molecule has 0 radical (unpaired) electrons. The molecule has 3 aromatic heterocycles. The highest BCUT2D eigenvalue weighted by Gasteiger charge is 2.20. The zero-order valence-electron chi connectivity index (χ0n) is 15.8. The number of nitrogens with one attached hydrogen (secondary N) is 1. The fourth-order valence-electron chi connectivity index (χ4n) is 3.12. The van der Waals surface area contributed by atoms with Crippen LogP contribution in [0.2, 0.25) is 25.7 Å². The van der Waals surface area contributed by atoms with Crippen LogP contribution in [0.5, 0.6) is 0 Å². The molecule has 4 rings (SSSR count). The summed E-state index contributed by atoms with van der Waals surface area (Å²) in [5.41, 5.74) is 3.28. The molecule has 6 nitrogen and oxygen atoms in total. The van der Waals surface area contributed by atoms with Gasteiger partial charge in [0, 0.05) is 57.3 Å². The summed E-state index contributed by atoms with van der Waals surface area (Å²) >= 11 is 0. The number of aromatic nitrogens is 4. The Morgan fingerprint density at radius 2 is 2.12 bits per heavy atom. The maximum absolute atomic E-state index is 5.90. The molecule has 0 bridgehead atoms. The van der Waals surface area contributed by atoms with Crippen molar-refractivity contribution in [1.82, 2.24) is 24.6 Å². The van der Waals surface area contributed by atoms with Gasteiger partial charge in [-0.05, 0) is 23.7 Å². The van der Waals surface area contributed by atoms with E-state index in [2.05, 4.69) is 68.8 Å². The number of nitrogens with zero attached hydrogens (tertiary/aromatic N) is 4. The molecule has 3 aromatic rings. The molecule has 1 aliphatic heterocycles. The second kappa shape index (κ2) is 6.98. The second-order valence-electron chi connectivity index (χ2n) is 8.25. The third-order valence-electron chi connectivity index (χ3n) is 4.94. The maximum Gasteiger partial charge on any atom is 0.142 e. The van der Waals surface area contributed by atoms with Crippen LogP contribution in [0.15, 0.2) is 36.9 Å². The van der Waals surface area contributed by atoms with Gasteiger partial charge in [0.2, 0.25) is 0 Å². The summed E-state index contributed by atoms with van der Waals surface area (Å²) in [6.45, 7) is 10.5. The molecule has 0 amide bonds. The van der Waals surface area contributed by atoms with Crippen LogP contribution in [-0.4, -0.2) is 47.1 Å². The number of hydrogen-bond acceptors (Lipinski definition) is 4. The predicted molar refractivity (Wildman–Crippen MR) is 107 cm³/mol. The fraction of sp³-hybridized carbons (Fsp3) is 0.474. The summed E-state index contributed by atoms with van der Waals surface area (Å²) in [6.07, 6.45) is 8.03. The summed E-state index contributed by atoms with van der Waals surface area (Å²) in [7, 11) is -1.06. The molecule has 0 unspecified atom stereocenters. The summed E-state index contributed by atoms with van der Waals surface area (Å²) in [4.78, 5) is 4.58. The van der Waals surface area contributed by atoms with E-state index in [-0.39, 0.29) is 0 Å². The molecule has 138 valence electrons. The maximum atomic E-state index is 5.90. The molecule has 0 atom stereocenters. The molecule has 7 heteroatoms. The molecule has 0 aliphatic carbocycles. The Kier molecular flexibility index (Phi) is 4.68. The quantitative estimate of drug-likeness (QED) is 0.512. The molecule has 4 heterocycles. The van der Waals surface area contributed by atoms with Gasteiger partial charge in [-0.25, -0.2) is 4.98 Å². The van der Waals surface area contributed by atoms with Gasteiger partial charge in [-0.2, -0.15) is 5.10 Å². The highest BCUT2D eigenvalue weighted by molar-refractivity contribution is 6.76. The van der Waals surface area contributed by atoms with Crippen molar-refractivity contribution in [3.8, 4) is 11.1 Å². The fourth-order valence-corrected chi connectivity index (χ4v) is 3.88. The van der Waals surface area contributed by atoms with Gasteiger partial charge in [0.1, 0.15) is 12.4 Å². The Balaban J connectivity index is 1.52. The van der Waals surface area contributed by atoms with E-state index in [0.29, 0.717) is 12.8 Å². The first kappa shape index (κ1) is 17.5. The average molecular weight is 370 g/mol. The van der Waals surface area contributed by atoms with Gasteiger partial charge < -0.3 is 14.6 Å². The molecule has 1 fully saturated rings. The van der Waals surface area contributed by atoms with Crippen molar-refractivity contribution in [2.75, 3.05) is 19.7 Å². The molecular formula is C19H27N5OSi. The number of hydrogen-bond donors (Lipinski definition) is 1. The van der Waals surface area contributed by atoms with E-state index < -0.39 is 8.07 Å². The van der Waals surface area contributed by atoms with E-state index in [4.69, 9.17) is 4.74 Å². The Labute approximate surface area is 155 Å². The van der Waals surface area contributed by atoms with E-state index in [1.54, 1.807) is 0 Å². The number of fused-ring (bicyclic) bond motifs is 1. The zero-order chi connectivity index (χ0) is 18.1. The van der Waals surface area contributed by atoms with Gasteiger partial charge in [-0.15, -0.1) is 0 Å². The van der Waals surface area contributed by atoms with E-state index in [0.717, 1.165) is 36.3 Å². The summed E-state index contributed by atoms with van der Waals surface area (Å²) in [6, 6.07) is 5.85. The lowest BCUT2D eigenvalue weighted by molar-refractivity contribution is 0.0899. The van der Waals surface area contributed by atoms with Crippen molar-refractivity contribution < 1.29 is 4.74 Å². The molecule has 1 N–H and O–H groups in total. The summed E-state index contributed by atoms with van der Waals surface area (Å²) < 4.78 is 10.1. The van der Waals surface area contributed by atoms with Gasteiger partial charge in [-0.3, -0.25) is 4.68 Å². The van der Waals surface area contributed by atoms with Crippen molar-refractivity contribution in [1.29, 1.82) is 0 Å². The zero-order valence-corrected chi connectivity index (χ0v) is 16.8. The molecule has 1 aliphatic rings. The van der Waals surface area contributed by atoms with E-state index >= 15 is 0 Å². The van der Waals surface area contributed by atoms with E-state index in [9.17, 15) is 0 Å². The van der Waals surface area contributed by atoms with Gasteiger partial charge in [0.05, 0.1) is 12.2 Å². The standard InChI is InChI=1S/C19H27N5OSi/c1-26(2,3)9-8-25-14-23-7-5-18-17(4-6-21-19(18)23)15-10-22-24(13-15)16-11-20-12-16/h4-7,10,13,16,20H,8-9,11-12,14H2,1-3H3. The van der Waals surface area contributed by atoms with Crippen LogP contribution in [-0.2, 0) is 11.5 Å². The largest absolute Gasteiger partial charge is 0.361 e. The van der Waals surface area contributed by atoms with Crippen molar-refractivity contribution in [3.63, 3.8) is 0 Å². The Morgan fingerprint density at radius 1 is 1.27 bits per heavy atom. The van der Waals surface area contributed by atoms with Crippen molar-refractivity contribution in [2.24, 2.45) is 0 Å². The number of pyridine rings is 1. The highest BCUT2D eigenvalue weighted by Crippen LogP contribution is 2.28. The predicted octanol–water partition coefficient (Wildman–Crippen LogP) is 3.36. The first-order chi connectivity index (χ1) is 12.5. The number of rotatable bonds is 7. The molecule has 26 heavy (non-hydrogen) atoms. The van der Waals surface area contributed by atoms with Crippen LogP contribution in [0.1, 0.15) is 6.04 Å². The van der Waals surface area contributed by atoms with Crippen LogP contribution in [0.4, 0.5) is 0 Å². The summed E-state index contributed by atoms with van der Waals surface area (Å²) in [5.74, 6) is 0. The first-order valence-electron chi connectivity index (χ1n) is 9.28. The lowest BCUT2D eigenvalue weighted by atomic mass is 10.1. The molecule has 0 spiro atoms. The minimum absolute atomic E-state index is 0.477. The smallest absolute Gasteiger partial charge is 0.142 e. The van der Waals surface area contributed by atoms with E-state index in [1.807, 2.05) is 12.4 Å². The minimum Gasteiger partial charge on any atom is -0.361 e. The lowest BCUT2D eigenvalue weighted by Crippen LogP contribution is -2.43. The van der Waals surface area contributed by atoms with Crippen LogP contribution >= 0.6 is 0 Å². The van der Waals surface area contributed by atoms with Gasteiger partial charge in [-0.1, -0.05) is 19.6 Å². The van der Waals surface area contributed by atoms with E-state index in [1.165, 1.54) is 11.6 Å². The molecule has 0 saturated carbocycles. The normalized spacial score (nSPS) is 15.5. The Bertz CT molecular complexity index is 891. The second-order valence-corrected chi connectivity index (χ2v) is 13.9. The topological polar surface area (TPSA) is 56.9 Å². The first-order valence-corrected chi connectivity index (χ1v) is 13.0. The van der Waals surface area contributed by atoms with Crippen molar-refractivity contribution in [2.45, 2.75) is 38.5 Å². The molecular weight excluding hydrogens is 342 g/mol. The van der Waals surface area contributed by atoms with Gasteiger partial charge in [0.15, 0.2) is 0 Å². The Morgan fingerprint density at radius 3 is 2.85 bits per heavy atom. The van der Waals surface area contributed by atoms with Gasteiger partial charge in [0.25, 0.3) is 0 Å². The van der Waals surface area contributed by atoms with Crippen LogP contribution < -0.4 is 5.32 Å². The SMILES string of the molecule is C[Si](C)(C)CCOCn1ccc2c(-c3cnn(C4CNC4)c3)ccnc21. The summed E-state index contributed by atoms with van der Waals surface area (Å²) in [5, 5.41) is 8.98. The monoisotopic (exact) mass is 369 g/mol. The third-order valence-corrected chi connectivity index (χ3v) is 6.64. The molecule has 1 saturated heterocycles. The van der Waals surface area contributed by atoms with Crippen LogP contribution in [0, 0.1) is 0 Å². The molecule has 0 aromatic carbocycles. The van der Waals surface area contributed by atoms with Gasteiger partial charge >= 0.3 is 0 Å². The highest BCUT2D eigenvalue weighted by atomic mass is 28.3. The lowest BCUT2D eigenvalue weighted by Gasteiger charge is -2.27. The average Bonchev–Trinajstić information content (AvgIpc) is 3.16. The third kappa shape index (κ3) is 3.60. The van der Waals surface area contributed by atoms with Crippen LogP contribution in [0.3, 0.4) is 0 Å².